The van der Waals surface area contributed by atoms with Crippen LogP contribution in [0.4, 0.5) is 0 Å². The first-order valence-corrected chi connectivity index (χ1v) is 5.80. The number of ketones is 1. The third-order valence-electron chi connectivity index (χ3n) is 3.61. The molecule has 0 saturated heterocycles. The molecule has 0 N–H and O–H groups in total. The van der Waals surface area contributed by atoms with E-state index in [1.807, 2.05) is 6.07 Å². The Hall–Kier alpha value is -1.63. The summed E-state index contributed by atoms with van der Waals surface area (Å²) in [5, 5.41) is 0. The van der Waals surface area contributed by atoms with Crippen molar-refractivity contribution in [2.75, 3.05) is 0 Å². The van der Waals surface area contributed by atoms with Crippen molar-refractivity contribution >= 4 is 5.78 Å². The summed E-state index contributed by atoms with van der Waals surface area (Å²) in [6.45, 7) is 0. The Morgan fingerprint density at radius 1 is 1.00 bits per heavy atom. The smallest absolute Gasteiger partial charge is 0.162 e. The minimum absolute atomic E-state index is 0.0974. The largest absolute Gasteiger partial charge is 0.294 e. The Morgan fingerprint density at radius 3 is 2.62 bits per heavy atom. The molecule has 0 aromatic heterocycles. The monoisotopic (exact) mass is 210 g/mol. The highest BCUT2D eigenvalue weighted by Gasteiger charge is 2.31. The van der Waals surface area contributed by atoms with Crippen LogP contribution in [0.3, 0.4) is 0 Å². The summed E-state index contributed by atoms with van der Waals surface area (Å²) in [7, 11) is 0. The van der Waals surface area contributed by atoms with Crippen molar-refractivity contribution in [1.29, 1.82) is 0 Å². The number of allylic oxidation sites excluding steroid dienone is 4. The number of rotatable bonds is 1. The molecule has 4 rings (SSSR count). The number of fused-ring (bicyclic) bond motifs is 2. The number of carbonyl (C=O) groups is 1. The van der Waals surface area contributed by atoms with E-state index in [0.29, 0.717) is 11.8 Å². The minimum Gasteiger partial charge on any atom is -0.294 e. The number of carbonyl (C=O) groups excluding carboxylic acids is 1. The maximum absolute atomic E-state index is 11.7. The molecule has 16 heavy (non-hydrogen) atoms. The maximum atomic E-state index is 11.7. The Balaban J connectivity index is 1.98. The zero-order valence-electron chi connectivity index (χ0n) is 9.04. The van der Waals surface area contributed by atoms with Crippen LogP contribution in [0, 0.1) is 11.8 Å². The van der Waals surface area contributed by atoms with Crippen LogP contribution in [-0.4, -0.2) is 5.78 Å². The molecule has 80 valence electrons. The fourth-order valence-electron chi connectivity index (χ4n) is 2.70. The quantitative estimate of drug-likeness (QED) is 0.651. The lowest BCUT2D eigenvalue weighted by atomic mass is 9.76. The molecule has 0 fully saturated rings. The van der Waals surface area contributed by atoms with Gasteiger partial charge in [0, 0.05) is 11.8 Å². The average Bonchev–Trinajstić information content (AvgIpc) is 2.62. The van der Waals surface area contributed by atoms with Gasteiger partial charge in [-0.15, -0.1) is 0 Å². The third kappa shape index (κ3) is 1.53. The molecule has 3 aliphatic rings. The maximum Gasteiger partial charge on any atom is 0.162 e. The molecular formula is C15H14O. The highest BCUT2D eigenvalue weighted by molar-refractivity contribution is 5.94. The van der Waals surface area contributed by atoms with Gasteiger partial charge in [0.25, 0.3) is 0 Å². The van der Waals surface area contributed by atoms with E-state index in [0.717, 1.165) is 6.42 Å². The van der Waals surface area contributed by atoms with Gasteiger partial charge in [0.2, 0.25) is 0 Å². The van der Waals surface area contributed by atoms with Crippen LogP contribution in [-0.2, 0) is 4.79 Å². The summed E-state index contributed by atoms with van der Waals surface area (Å²) in [6.07, 6.45) is 9.04. The van der Waals surface area contributed by atoms with Crippen molar-refractivity contribution in [2.45, 2.75) is 12.3 Å². The van der Waals surface area contributed by atoms with Gasteiger partial charge in [-0.1, -0.05) is 48.6 Å². The molecule has 1 aromatic carbocycles. The number of hydrogen-bond acceptors (Lipinski definition) is 1. The number of benzene rings is 1. The third-order valence-corrected chi connectivity index (χ3v) is 3.61. The first-order chi connectivity index (χ1) is 7.84. The fourth-order valence-corrected chi connectivity index (χ4v) is 2.70. The van der Waals surface area contributed by atoms with Crippen molar-refractivity contribution in [1.82, 2.24) is 0 Å². The molecule has 0 saturated carbocycles. The standard InChI is InChI=1S/C15H14O/c16-15-9-8-12-6-7-13(15)10-14(12)11-4-2-1-3-5-11/h1-9,12-14H,10H2/t12-,13-,14?/m1/s1. The lowest BCUT2D eigenvalue weighted by molar-refractivity contribution is -0.117. The summed E-state index contributed by atoms with van der Waals surface area (Å²) < 4.78 is 0. The molecular weight excluding hydrogens is 196 g/mol. The van der Waals surface area contributed by atoms with Crippen molar-refractivity contribution in [2.24, 2.45) is 11.8 Å². The van der Waals surface area contributed by atoms with Gasteiger partial charge < -0.3 is 0 Å². The zero-order chi connectivity index (χ0) is 11.0. The predicted molar refractivity (Wildman–Crippen MR) is 64.1 cm³/mol. The lowest BCUT2D eigenvalue weighted by Crippen LogP contribution is -2.18. The average molecular weight is 210 g/mol. The van der Waals surface area contributed by atoms with E-state index in [1.165, 1.54) is 5.56 Å². The second-order valence-corrected chi connectivity index (χ2v) is 4.58. The highest BCUT2D eigenvalue weighted by Crippen LogP contribution is 2.39. The van der Waals surface area contributed by atoms with Gasteiger partial charge in [-0.25, -0.2) is 0 Å². The minimum atomic E-state index is 0.0974. The fraction of sp³-hybridized carbons (Fsp3) is 0.267. The lowest BCUT2D eigenvalue weighted by Gasteiger charge is -2.27. The molecule has 3 atom stereocenters. The van der Waals surface area contributed by atoms with Crippen LogP contribution < -0.4 is 0 Å². The van der Waals surface area contributed by atoms with Crippen LogP contribution >= 0.6 is 0 Å². The predicted octanol–water partition coefficient (Wildman–Crippen LogP) is 3.10. The molecule has 1 unspecified atom stereocenters. The second kappa shape index (κ2) is 3.75. The summed E-state index contributed by atoms with van der Waals surface area (Å²) in [4.78, 5) is 11.7. The Labute approximate surface area is 95.5 Å². The van der Waals surface area contributed by atoms with Crippen molar-refractivity contribution in [3.8, 4) is 0 Å². The van der Waals surface area contributed by atoms with Crippen molar-refractivity contribution in [3.05, 3.63) is 60.2 Å². The van der Waals surface area contributed by atoms with Crippen LogP contribution in [0.25, 0.3) is 0 Å². The van der Waals surface area contributed by atoms with E-state index in [-0.39, 0.29) is 11.7 Å². The molecule has 1 aromatic rings. The Morgan fingerprint density at radius 2 is 1.81 bits per heavy atom. The summed E-state index contributed by atoms with van der Waals surface area (Å²) in [5.41, 5.74) is 1.35. The molecule has 1 nitrogen and oxygen atoms in total. The van der Waals surface area contributed by atoms with Crippen molar-refractivity contribution < 1.29 is 4.79 Å². The molecule has 0 aliphatic heterocycles. The van der Waals surface area contributed by atoms with E-state index in [2.05, 4.69) is 42.5 Å². The van der Waals surface area contributed by atoms with Crippen LogP contribution in [0.5, 0.6) is 0 Å². The Kier molecular flexibility index (Phi) is 2.24. The molecule has 0 radical (unpaired) electrons. The van der Waals surface area contributed by atoms with Gasteiger partial charge in [-0.3, -0.25) is 4.79 Å². The normalized spacial score (nSPS) is 31.8. The topological polar surface area (TPSA) is 17.1 Å². The van der Waals surface area contributed by atoms with Gasteiger partial charge in [0.15, 0.2) is 5.78 Å². The van der Waals surface area contributed by atoms with Gasteiger partial charge in [-0.2, -0.15) is 0 Å². The second-order valence-electron chi connectivity index (χ2n) is 4.58. The molecule has 3 aliphatic carbocycles. The van der Waals surface area contributed by atoms with E-state index < -0.39 is 0 Å². The van der Waals surface area contributed by atoms with E-state index in [4.69, 9.17) is 0 Å². The van der Waals surface area contributed by atoms with Crippen LogP contribution in [0.15, 0.2) is 54.6 Å². The summed E-state index contributed by atoms with van der Waals surface area (Å²) in [5.74, 6) is 1.22. The van der Waals surface area contributed by atoms with Crippen LogP contribution in [0.2, 0.25) is 0 Å². The van der Waals surface area contributed by atoms with Gasteiger partial charge in [0.1, 0.15) is 0 Å². The molecule has 2 bridgehead atoms. The molecule has 0 spiro atoms. The van der Waals surface area contributed by atoms with Crippen molar-refractivity contribution in [3.63, 3.8) is 0 Å². The van der Waals surface area contributed by atoms with Gasteiger partial charge >= 0.3 is 0 Å². The first kappa shape index (κ1) is 9.59. The van der Waals surface area contributed by atoms with E-state index in [9.17, 15) is 4.79 Å². The molecule has 0 heterocycles. The Bertz CT molecular complexity index is 456. The van der Waals surface area contributed by atoms with E-state index in [1.54, 1.807) is 6.08 Å². The van der Waals surface area contributed by atoms with Gasteiger partial charge in [-0.05, 0) is 24.0 Å². The van der Waals surface area contributed by atoms with Gasteiger partial charge in [0.05, 0.1) is 0 Å². The molecule has 1 heteroatoms. The van der Waals surface area contributed by atoms with E-state index >= 15 is 0 Å². The zero-order valence-corrected chi connectivity index (χ0v) is 9.04. The highest BCUT2D eigenvalue weighted by atomic mass is 16.1. The first-order valence-electron chi connectivity index (χ1n) is 5.80. The number of hydrogen-bond donors (Lipinski definition) is 0. The summed E-state index contributed by atoms with van der Waals surface area (Å²) in [6, 6.07) is 10.5. The summed E-state index contributed by atoms with van der Waals surface area (Å²) >= 11 is 0. The van der Waals surface area contributed by atoms with Crippen LogP contribution in [0.1, 0.15) is 17.9 Å². The SMILES string of the molecule is O=C1C=C[C@H]2C=C[C@@H]1CC2c1ccccc1. The molecule has 0 amide bonds.